The van der Waals surface area contributed by atoms with Gasteiger partial charge in [-0.3, -0.25) is 10.1 Å². The van der Waals surface area contributed by atoms with Crippen LogP contribution in [0, 0.1) is 21.7 Å². The maximum atomic E-state index is 13.2. The van der Waals surface area contributed by atoms with E-state index in [2.05, 4.69) is 15.9 Å². The van der Waals surface area contributed by atoms with Crippen LogP contribution < -0.4 is 0 Å². The maximum Gasteiger partial charge on any atom is 0.307 e. The maximum absolute atomic E-state index is 13.2. The van der Waals surface area contributed by atoms with Crippen LogP contribution in [0.4, 0.5) is 14.5 Å². The Morgan fingerprint density at radius 3 is 2.53 bits per heavy atom. The highest BCUT2D eigenvalue weighted by Crippen LogP contribution is 2.22. The number of hydrogen-bond donors (Lipinski definition) is 0. The molecule has 0 aromatic heterocycles. The first-order valence-electron chi connectivity index (χ1n) is 4.24. The summed E-state index contributed by atoms with van der Waals surface area (Å²) >= 11 is 3.16. The number of aryl methyl sites for hydroxylation is 1. The third kappa shape index (κ3) is 2.95. The van der Waals surface area contributed by atoms with Crippen LogP contribution >= 0.6 is 15.9 Å². The molecule has 1 rings (SSSR count). The summed E-state index contributed by atoms with van der Waals surface area (Å²) in [5, 5.41) is 11.0. The van der Waals surface area contributed by atoms with E-state index in [0.29, 0.717) is 24.2 Å². The minimum atomic E-state index is -0.994. The second-order valence-electron chi connectivity index (χ2n) is 2.94. The van der Waals surface area contributed by atoms with Crippen molar-refractivity contribution >= 4 is 21.6 Å². The number of nitro benzene ring substituents is 1. The highest BCUT2D eigenvalue weighted by atomic mass is 79.9. The Bertz CT molecular complexity index is 385. The molecule has 0 aliphatic heterocycles. The summed E-state index contributed by atoms with van der Waals surface area (Å²) in [6.07, 6.45) is 1.00. The number of benzene rings is 1. The minimum absolute atomic E-state index is 0.164. The zero-order valence-electron chi connectivity index (χ0n) is 7.67. The number of rotatable bonds is 4. The first kappa shape index (κ1) is 12.0. The van der Waals surface area contributed by atoms with Crippen LogP contribution in [0.25, 0.3) is 0 Å². The predicted octanol–water partition coefficient (Wildman–Crippen LogP) is 3.20. The van der Waals surface area contributed by atoms with E-state index < -0.39 is 22.2 Å². The highest BCUT2D eigenvalue weighted by molar-refractivity contribution is 9.09. The molecule has 0 spiro atoms. The molecule has 15 heavy (non-hydrogen) atoms. The number of halogens is 3. The van der Waals surface area contributed by atoms with Gasteiger partial charge in [-0.2, -0.15) is 4.39 Å². The molecule has 1 aromatic rings. The molecule has 0 saturated heterocycles. The summed E-state index contributed by atoms with van der Waals surface area (Å²) in [6.45, 7) is 0. The molecule has 0 heterocycles. The average molecular weight is 280 g/mol. The molecule has 0 fully saturated rings. The van der Waals surface area contributed by atoms with Gasteiger partial charge in [-0.1, -0.05) is 15.9 Å². The summed E-state index contributed by atoms with van der Waals surface area (Å²) in [4.78, 5) is 9.35. The molecule has 1 aromatic carbocycles. The summed E-state index contributed by atoms with van der Waals surface area (Å²) in [6, 6.07) is 1.51. The van der Waals surface area contributed by atoms with Crippen molar-refractivity contribution < 1.29 is 13.7 Å². The van der Waals surface area contributed by atoms with Crippen molar-refractivity contribution in [2.75, 3.05) is 5.33 Å². The van der Waals surface area contributed by atoms with E-state index in [-0.39, 0.29) is 5.56 Å². The quantitative estimate of drug-likeness (QED) is 0.483. The van der Waals surface area contributed by atoms with Crippen molar-refractivity contribution in [3.63, 3.8) is 0 Å². The van der Waals surface area contributed by atoms with Gasteiger partial charge in [0.05, 0.1) is 11.0 Å². The van der Waals surface area contributed by atoms with Crippen molar-refractivity contribution in [1.29, 1.82) is 0 Å². The molecule has 0 bridgehead atoms. The second-order valence-corrected chi connectivity index (χ2v) is 3.74. The molecule has 0 aliphatic carbocycles. The average Bonchev–Trinajstić information content (AvgIpc) is 2.18. The van der Waals surface area contributed by atoms with Crippen LogP contribution in [0.1, 0.15) is 12.0 Å². The van der Waals surface area contributed by atoms with E-state index in [4.69, 9.17) is 0 Å². The van der Waals surface area contributed by atoms with E-state index >= 15 is 0 Å². The van der Waals surface area contributed by atoms with Gasteiger partial charge in [0.2, 0.25) is 5.82 Å². The minimum Gasteiger partial charge on any atom is -0.258 e. The van der Waals surface area contributed by atoms with Crippen molar-refractivity contribution in [3.8, 4) is 0 Å². The van der Waals surface area contributed by atoms with Crippen LogP contribution in [-0.4, -0.2) is 10.3 Å². The Morgan fingerprint density at radius 1 is 1.33 bits per heavy atom. The number of hydrogen-bond acceptors (Lipinski definition) is 2. The largest absolute Gasteiger partial charge is 0.307 e. The Labute approximate surface area is 93.4 Å². The molecule has 0 radical (unpaired) electrons. The van der Waals surface area contributed by atoms with E-state index in [1.54, 1.807) is 0 Å². The number of alkyl halides is 1. The van der Waals surface area contributed by atoms with Crippen molar-refractivity contribution in [2.45, 2.75) is 12.8 Å². The predicted molar refractivity (Wildman–Crippen MR) is 55.1 cm³/mol. The molecule has 0 amide bonds. The Balaban J connectivity index is 3.02. The first-order valence-corrected chi connectivity index (χ1v) is 5.36. The lowest BCUT2D eigenvalue weighted by Crippen LogP contribution is -1.98. The van der Waals surface area contributed by atoms with Gasteiger partial charge in [-0.05, 0) is 24.5 Å². The van der Waals surface area contributed by atoms with Crippen LogP contribution in [0.2, 0.25) is 0 Å². The monoisotopic (exact) mass is 279 g/mol. The molecule has 0 unspecified atom stereocenters. The highest BCUT2D eigenvalue weighted by Gasteiger charge is 2.17. The van der Waals surface area contributed by atoms with Crippen LogP contribution in [0.3, 0.4) is 0 Å². The Morgan fingerprint density at radius 2 is 2.00 bits per heavy atom. The lowest BCUT2D eigenvalue weighted by molar-refractivity contribution is -0.387. The molecular formula is C9H8BrF2NO2. The van der Waals surface area contributed by atoms with Gasteiger partial charge < -0.3 is 0 Å². The van der Waals surface area contributed by atoms with Gasteiger partial charge in [0.25, 0.3) is 0 Å². The normalized spacial score (nSPS) is 10.3. The molecular weight excluding hydrogens is 272 g/mol. The van der Waals surface area contributed by atoms with Crippen molar-refractivity contribution in [3.05, 3.63) is 39.4 Å². The van der Waals surface area contributed by atoms with Crippen LogP contribution in [0.5, 0.6) is 0 Å². The molecule has 0 atom stereocenters. The second kappa shape index (κ2) is 5.16. The van der Waals surface area contributed by atoms with Gasteiger partial charge in [-0.15, -0.1) is 0 Å². The van der Waals surface area contributed by atoms with E-state index in [1.807, 2.05) is 0 Å². The first-order chi connectivity index (χ1) is 7.06. The van der Waals surface area contributed by atoms with Gasteiger partial charge in [-0.25, -0.2) is 4.39 Å². The third-order valence-electron chi connectivity index (χ3n) is 1.89. The topological polar surface area (TPSA) is 43.1 Å². The summed E-state index contributed by atoms with van der Waals surface area (Å²) in [7, 11) is 0. The van der Waals surface area contributed by atoms with Crippen molar-refractivity contribution in [2.24, 2.45) is 0 Å². The molecule has 0 saturated carbocycles. The lowest BCUT2D eigenvalue weighted by atomic mass is 10.1. The summed E-state index contributed by atoms with van der Waals surface area (Å²) in [5.41, 5.74) is -0.660. The van der Waals surface area contributed by atoms with E-state index in [0.717, 1.165) is 6.07 Å². The molecule has 6 heteroatoms. The molecule has 0 aliphatic rings. The van der Waals surface area contributed by atoms with Crippen LogP contribution in [0.15, 0.2) is 12.1 Å². The standard InChI is InChI=1S/C9H8BrF2NO2/c10-3-1-2-6-4-8(12)9(13(14)15)5-7(6)11/h4-5H,1-3H2. The van der Waals surface area contributed by atoms with Gasteiger partial charge in [0.1, 0.15) is 5.82 Å². The summed E-state index contributed by atoms with van der Waals surface area (Å²) in [5.74, 6) is -1.73. The fourth-order valence-electron chi connectivity index (χ4n) is 1.17. The Hall–Kier alpha value is -1.04. The molecule has 0 N–H and O–H groups in total. The van der Waals surface area contributed by atoms with E-state index in [9.17, 15) is 18.9 Å². The number of nitrogens with zero attached hydrogens (tertiary/aromatic N) is 1. The van der Waals surface area contributed by atoms with E-state index in [1.165, 1.54) is 0 Å². The third-order valence-corrected chi connectivity index (χ3v) is 2.45. The Kier molecular flexibility index (Phi) is 4.14. The molecule has 82 valence electrons. The van der Waals surface area contributed by atoms with Crippen LogP contribution in [-0.2, 0) is 6.42 Å². The fourth-order valence-corrected chi connectivity index (χ4v) is 1.45. The molecule has 3 nitrogen and oxygen atoms in total. The lowest BCUT2D eigenvalue weighted by Gasteiger charge is -2.02. The van der Waals surface area contributed by atoms with Crippen molar-refractivity contribution in [1.82, 2.24) is 0 Å². The SMILES string of the molecule is O=[N+]([O-])c1cc(F)c(CCCBr)cc1F. The van der Waals surface area contributed by atoms with Gasteiger partial charge in [0, 0.05) is 5.33 Å². The number of nitro groups is 1. The fraction of sp³-hybridized carbons (Fsp3) is 0.333. The zero-order valence-corrected chi connectivity index (χ0v) is 9.26. The summed E-state index contributed by atoms with van der Waals surface area (Å²) < 4.78 is 26.3. The van der Waals surface area contributed by atoms with Gasteiger partial charge >= 0.3 is 5.69 Å². The zero-order chi connectivity index (χ0) is 11.4. The smallest absolute Gasteiger partial charge is 0.258 e. The van der Waals surface area contributed by atoms with Gasteiger partial charge in [0.15, 0.2) is 0 Å².